The Kier molecular flexibility index (Phi) is 6.65. The maximum Gasteiger partial charge on any atom is 0.164 e. The van der Waals surface area contributed by atoms with Crippen molar-refractivity contribution in [1.29, 1.82) is 0 Å². The van der Waals surface area contributed by atoms with Gasteiger partial charge in [-0.2, -0.15) is 0 Å². The summed E-state index contributed by atoms with van der Waals surface area (Å²) >= 11 is 0. The highest BCUT2D eigenvalue weighted by atomic mass is 15.0. The second kappa shape index (κ2) is 11.3. The van der Waals surface area contributed by atoms with Crippen molar-refractivity contribution in [1.82, 2.24) is 19.9 Å². The summed E-state index contributed by atoms with van der Waals surface area (Å²) in [6.45, 7) is 2.01. The number of nitrogens with zero attached hydrogens (tertiary/aromatic N) is 4. The first-order valence-corrected chi connectivity index (χ1v) is 15.1. The minimum atomic E-state index is 0.621. The standard InChI is InChI=1S/C41H28N4/c1-27-20-21-32(26-42-27)33-23-34(38-36-18-10-8-16-30(36)22-31-17-9-11-19-37(31)38)25-35(24-33)41-44-39(28-12-4-2-5-13-28)43-40(45-41)29-14-6-3-7-15-29/h2-26H,1H3. The van der Waals surface area contributed by atoms with Gasteiger partial charge < -0.3 is 0 Å². The van der Waals surface area contributed by atoms with Crippen LogP contribution in [0.25, 0.3) is 78.0 Å². The molecular weight excluding hydrogens is 548 g/mol. The highest BCUT2D eigenvalue weighted by Crippen LogP contribution is 2.40. The van der Waals surface area contributed by atoms with Crippen LogP contribution in [-0.2, 0) is 0 Å². The number of aryl methyl sites for hydroxylation is 1. The number of hydrogen-bond acceptors (Lipinski definition) is 4. The van der Waals surface area contributed by atoms with Crippen LogP contribution in [0.2, 0.25) is 0 Å². The molecule has 0 saturated heterocycles. The van der Waals surface area contributed by atoms with E-state index in [2.05, 4.69) is 89.9 Å². The lowest BCUT2D eigenvalue weighted by Crippen LogP contribution is -2.00. The van der Waals surface area contributed by atoms with E-state index >= 15 is 0 Å². The SMILES string of the molecule is Cc1ccc(-c2cc(-c3nc(-c4ccccc4)nc(-c4ccccc4)n3)cc(-c3c4ccccc4cc4ccccc34)c2)cn1. The molecule has 6 aromatic carbocycles. The van der Waals surface area contributed by atoms with Crippen molar-refractivity contribution in [3.8, 4) is 56.4 Å². The summed E-state index contributed by atoms with van der Waals surface area (Å²) in [6, 6.07) is 50.5. The van der Waals surface area contributed by atoms with Gasteiger partial charge in [0.05, 0.1) is 0 Å². The third-order valence-corrected chi connectivity index (χ3v) is 8.20. The smallest absolute Gasteiger partial charge is 0.164 e. The van der Waals surface area contributed by atoms with Gasteiger partial charge in [-0.15, -0.1) is 0 Å². The quantitative estimate of drug-likeness (QED) is 0.191. The summed E-state index contributed by atoms with van der Waals surface area (Å²) < 4.78 is 0. The first-order chi connectivity index (χ1) is 22.2. The fraction of sp³-hybridized carbons (Fsp3) is 0.0244. The Morgan fingerprint density at radius 2 is 0.867 bits per heavy atom. The van der Waals surface area contributed by atoms with Gasteiger partial charge in [0.25, 0.3) is 0 Å². The van der Waals surface area contributed by atoms with E-state index in [0.717, 1.165) is 39.1 Å². The first-order valence-electron chi connectivity index (χ1n) is 15.1. The lowest BCUT2D eigenvalue weighted by atomic mass is 9.89. The zero-order valence-corrected chi connectivity index (χ0v) is 24.7. The van der Waals surface area contributed by atoms with E-state index in [0.29, 0.717) is 17.5 Å². The molecule has 0 atom stereocenters. The molecule has 0 aliphatic rings. The molecule has 0 radical (unpaired) electrons. The molecule has 0 amide bonds. The van der Waals surface area contributed by atoms with Crippen LogP contribution in [0.15, 0.2) is 152 Å². The lowest BCUT2D eigenvalue weighted by Gasteiger charge is -2.16. The zero-order chi connectivity index (χ0) is 30.2. The summed E-state index contributed by atoms with van der Waals surface area (Å²) in [7, 11) is 0. The second-order valence-corrected chi connectivity index (χ2v) is 11.2. The average molecular weight is 577 g/mol. The number of benzene rings is 6. The summed E-state index contributed by atoms with van der Waals surface area (Å²) in [6.07, 6.45) is 1.94. The molecule has 0 aliphatic heterocycles. The van der Waals surface area contributed by atoms with E-state index in [1.54, 1.807) is 0 Å². The fourth-order valence-corrected chi connectivity index (χ4v) is 5.97. The maximum atomic E-state index is 5.07. The van der Waals surface area contributed by atoms with Crippen LogP contribution >= 0.6 is 0 Å². The molecule has 0 bridgehead atoms. The van der Waals surface area contributed by atoms with Crippen molar-refractivity contribution in [2.75, 3.05) is 0 Å². The van der Waals surface area contributed by atoms with Crippen molar-refractivity contribution >= 4 is 21.5 Å². The van der Waals surface area contributed by atoms with Crippen LogP contribution in [0.4, 0.5) is 0 Å². The average Bonchev–Trinajstić information content (AvgIpc) is 3.11. The molecule has 0 N–H and O–H groups in total. The van der Waals surface area contributed by atoms with E-state index in [9.17, 15) is 0 Å². The maximum absolute atomic E-state index is 5.07. The molecule has 0 saturated carbocycles. The summed E-state index contributed by atoms with van der Waals surface area (Å²) in [4.78, 5) is 19.7. The van der Waals surface area contributed by atoms with E-state index in [-0.39, 0.29) is 0 Å². The highest BCUT2D eigenvalue weighted by molar-refractivity contribution is 6.13. The topological polar surface area (TPSA) is 51.6 Å². The van der Waals surface area contributed by atoms with E-state index in [1.807, 2.05) is 73.8 Å². The van der Waals surface area contributed by atoms with Crippen LogP contribution in [-0.4, -0.2) is 19.9 Å². The third kappa shape index (κ3) is 5.13. The molecule has 8 rings (SSSR count). The van der Waals surface area contributed by atoms with Crippen LogP contribution in [0.3, 0.4) is 0 Å². The van der Waals surface area contributed by atoms with Crippen LogP contribution < -0.4 is 0 Å². The van der Waals surface area contributed by atoms with Gasteiger partial charge in [0.2, 0.25) is 0 Å². The lowest BCUT2D eigenvalue weighted by molar-refractivity contribution is 1.07. The molecule has 0 unspecified atom stereocenters. The largest absolute Gasteiger partial charge is 0.261 e. The minimum absolute atomic E-state index is 0.621. The van der Waals surface area contributed by atoms with Crippen LogP contribution in [0.1, 0.15) is 5.69 Å². The molecule has 4 heteroatoms. The number of hydrogen-bond donors (Lipinski definition) is 0. The van der Waals surface area contributed by atoms with Gasteiger partial charge in [0.15, 0.2) is 17.5 Å². The van der Waals surface area contributed by atoms with Gasteiger partial charge >= 0.3 is 0 Å². The Morgan fingerprint density at radius 1 is 0.378 bits per heavy atom. The molecule has 212 valence electrons. The molecule has 0 fully saturated rings. The minimum Gasteiger partial charge on any atom is -0.261 e. The van der Waals surface area contributed by atoms with E-state index in [4.69, 9.17) is 15.0 Å². The number of rotatable bonds is 5. The molecule has 2 heterocycles. The van der Waals surface area contributed by atoms with Crippen molar-refractivity contribution in [3.05, 3.63) is 157 Å². The zero-order valence-electron chi connectivity index (χ0n) is 24.7. The van der Waals surface area contributed by atoms with Crippen molar-refractivity contribution in [2.45, 2.75) is 6.92 Å². The molecular formula is C41H28N4. The fourth-order valence-electron chi connectivity index (χ4n) is 5.97. The summed E-state index contributed by atoms with van der Waals surface area (Å²) in [5.41, 5.74) is 8.15. The Labute approximate surface area is 261 Å². The van der Waals surface area contributed by atoms with Gasteiger partial charge in [-0.3, -0.25) is 4.98 Å². The Morgan fingerprint density at radius 3 is 1.42 bits per heavy atom. The van der Waals surface area contributed by atoms with Crippen molar-refractivity contribution in [2.24, 2.45) is 0 Å². The number of aromatic nitrogens is 4. The van der Waals surface area contributed by atoms with Gasteiger partial charge in [-0.1, -0.05) is 115 Å². The molecule has 0 aliphatic carbocycles. The van der Waals surface area contributed by atoms with E-state index in [1.165, 1.54) is 27.1 Å². The molecule has 4 nitrogen and oxygen atoms in total. The predicted octanol–water partition coefficient (Wildman–Crippen LogP) is 10.2. The van der Waals surface area contributed by atoms with Gasteiger partial charge in [-0.05, 0) is 75.5 Å². The normalized spacial score (nSPS) is 11.2. The number of pyridine rings is 1. The van der Waals surface area contributed by atoms with Gasteiger partial charge in [-0.25, -0.2) is 15.0 Å². The third-order valence-electron chi connectivity index (χ3n) is 8.20. The van der Waals surface area contributed by atoms with Crippen LogP contribution in [0, 0.1) is 6.92 Å². The van der Waals surface area contributed by atoms with Crippen LogP contribution in [0.5, 0.6) is 0 Å². The molecule has 2 aromatic heterocycles. The molecule has 45 heavy (non-hydrogen) atoms. The van der Waals surface area contributed by atoms with Crippen molar-refractivity contribution in [3.63, 3.8) is 0 Å². The Bertz CT molecular complexity index is 2200. The second-order valence-electron chi connectivity index (χ2n) is 11.2. The van der Waals surface area contributed by atoms with Gasteiger partial charge in [0.1, 0.15) is 0 Å². The Balaban J connectivity index is 1.43. The highest BCUT2D eigenvalue weighted by Gasteiger charge is 2.17. The predicted molar refractivity (Wildman–Crippen MR) is 185 cm³/mol. The number of fused-ring (bicyclic) bond motifs is 2. The summed E-state index contributed by atoms with van der Waals surface area (Å²) in [5, 5.41) is 4.81. The van der Waals surface area contributed by atoms with Crippen molar-refractivity contribution < 1.29 is 0 Å². The molecule has 8 aromatic rings. The Hall–Kier alpha value is -6.00. The van der Waals surface area contributed by atoms with Gasteiger partial charge in [0, 0.05) is 34.1 Å². The monoisotopic (exact) mass is 576 g/mol. The first kappa shape index (κ1) is 26.6. The van der Waals surface area contributed by atoms with E-state index < -0.39 is 0 Å². The molecule has 0 spiro atoms. The summed E-state index contributed by atoms with van der Waals surface area (Å²) in [5.74, 6) is 1.90.